The van der Waals surface area contributed by atoms with Crippen molar-refractivity contribution in [3.05, 3.63) is 84.4 Å². The summed E-state index contributed by atoms with van der Waals surface area (Å²) in [7, 11) is 1.62. The van der Waals surface area contributed by atoms with E-state index in [-0.39, 0.29) is 5.91 Å². The molecule has 6 heteroatoms. The van der Waals surface area contributed by atoms with Crippen LogP contribution in [0.1, 0.15) is 16.1 Å². The molecule has 0 aliphatic heterocycles. The van der Waals surface area contributed by atoms with E-state index in [0.29, 0.717) is 17.9 Å². The first-order valence-electron chi connectivity index (χ1n) is 8.55. The molecule has 4 rings (SSSR count). The predicted octanol–water partition coefficient (Wildman–Crippen LogP) is 3.33. The second-order valence-corrected chi connectivity index (χ2v) is 5.97. The fourth-order valence-electron chi connectivity index (χ4n) is 3.05. The number of methoxy groups -OCH3 is 1. The molecule has 27 heavy (non-hydrogen) atoms. The monoisotopic (exact) mass is 358 g/mol. The molecular weight excluding hydrogens is 340 g/mol. The average molecular weight is 358 g/mol. The van der Waals surface area contributed by atoms with Crippen LogP contribution >= 0.6 is 0 Å². The SMILES string of the molecule is COc1ccccc1CNC(=O)c1nc2ccccn2c1-c1ccncc1. The van der Waals surface area contributed by atoms with Gasteiger partial charge < -0.3 is 10.1 Å². The van der Waals surface area contributed by atoms with Crippen LogP contribution in [0.25, 0.3) is 16.9 Å². The summed E-state index contributed by atoms with van der Waals surface area (Å²) in [6, 6.07) is 17.0. The Hall–Kier alpha value is -3.67. The first kappa shape index (κ1) is 16.8. The van der Waals surface area contributed by atoms with Crippen molar-refractivity contribution in [3.63, 3.8) is 0 Å². The number of rotatable bonds is 5. The lowest BCUT2D eigenvalue weighted by Crippen LogP contribution is -2.24. The van der Waals surface area contributed by atoms with Gasteiger partial charge in [-0.25, -0.2) is 4.98 Å². The molecule has 0 aliphatic carbocycles. The maximum absolute atomic E-state index is 12.9. The van der Waals surface area contributed by atoms with Crippen LogP contribution in [-0.4, -0.2) is 27.4 Å². The molecule has 0 spiro atoms. The maximum atomic E-state index is 12.9. The Labute approximate surface area is 156 Å². The smallest absolute Gasteiger partial charge is 0.272 e. The van der Waals surface area contributed by atoms with E-state index >= 15 is 0 Å². The minimum absolute atomic E-state index is 0.239. The van der Waals surface area contributed by atoms with Crippen LogP contribution in [0.5, 0.6) is 5.75 Å². The van der Waals surface area contributed by atoms with Crippen LogP contribution in [0.4, 0.5) is 0 Å². The van der Waals surface area contributed by atoms with Gasteiger partial charge in [0.25, 0.3) is 5.91 Å². The number of amides is 1. The van der Waals surface area contributed by atoms with Crippen molar-refractivity contribution in [1.82, 2.24) is 19.7 Å². The van der Waals surface area contributed by atoms with Crippen LogP contribution in [-0.2, 0) is 6.54 Å². The number of hydrogen-bond donors (Lipinski definition) is 1. The van der Waals surface area contributed by atoms with Gasteiger partial charge in [0, 0.05) is 36.3 Å². The van der Waals surface area contributed by atoms with Crippen molar-refractivity contribution < 1.29 is 9.53 Å². The third kappa shape index (κ3) is 3.25. The summed E-state index contributed by atoms with van der Waals surface area (Å²) in [6.07, 6.45) is 5.30. The molecule has 6 nitrogen and oxygen atoms in total. The highest BCUT2D eigenvalue weighted by atomic mass is 16.5. The molecule has 0 saturated carbocycles. The van der Waals surface area contributed by atoms with E-state index in [9.17, 15) is 4.79 Å². The largest absolute Gasteiger partial charge is 0.496 e. The number of nitrogens with one attached hydrogen (secondary N) is 1. The molecule has 0 unspecified atom stereocenters. The van der Waals surface area contributed by atoms with E-state index in [1.165, 1.54) is 0 Å². The van der Waals surface area contributed by atoms with E-state index in [1.807, 2.05) is 65.2 Å². The number of pyridine rings is 2. The Kier molecular flexibility index (Phi) is 4.53. The highest BCUT2D eigenvalue weighted by Crippen LogP contribution is 2.25. The second-order valence-electron chi connectivity index (χ2n) is 5.97. The molecule has 1 amide bonds. The van der Waals surface area contributed by atoms with Crippen molar-refractivity contribution >= 4 is 11.6 Å². The number of nitrogens with zero attached hydrogens (tertiary/aromatic N) is 3. The summed E-state index contributed by atoms with van der Waals surface area (Å²) >= 11 is 0. The van der Waals surface area contributed by atoms with E-state index in [0.717, 1.165) is 22.6 Å². The fourth-order valence-corrected chi connectivity index (χ4v) is 3.05. The lowest BCUT2D eigenvalue weighted by Gasteiger charge is -2.10. The van der Waals surface area contributed by atoms with Crippen molar-refractivity contribution in [3.8, 4) is 17.0 Å². The third-order valence-electron chi connectivity index (χ3n) is 4.33. The Morgan fingerprint density at radius 3 is 2.67 bits per heavy atom. The van der Waals surface area contributed by atoms with Crippen LogP contribution in [0, 0.1) is 0 Å². The van der Waals surface area contributed by atoms with Crippen LogP contribution in [0.15, 0.2) is 73.2 Å². The normalized spacial score (nSPS) is 10.7. The number of fused-ring (bicyclic) bond motifs is 1. The molecular formula is C21H18N4O2. The number of benzene rings is 1. The zero-order valence-corrected chi connectivity index (χ0v) is 14.8. The number of carbonyl (C=O) groups is 1. The molecule has 0 radical (unpaired) electrons. The Morgan fingerprint density at radius 1 is 1.07 bits per heavy atom. The van der Waals surface area contributed by atoms with Gasteiger partial charge in [-0.15, -0.1) is 0 Å². The van der Waals surface area contributed by atoms with E-state index in [2.05, 4.69) is 15.3 Å². The van der Waals surface area contributed by atoms with Gasteiger partial charge in [-0.3, -0.25) is 14.2 Å². The molecule has 134 valence electrons. The first-order valence-corrected chi connectivity index (χ1v) is 8.55. The van der Waals surface area contributed by atoms with Gasteiger partial charge in [0.05, 0.1) is 12.8 Å². The summed E-state index contributed by atoms with van der Waals surface area (Å²) in [6.45, 7) is 0.354. The highest BCUT2D eigenvalue weighted by molar-refractivity contribution is 5.99. The summed E-state index contributed by atoms with van der Waals surface area (Å²) < 4.78 is 7.26. The van der Waals surface area contributed by atoms with Crippen molar-refractivity contribution in [1.29, 1.82) is 0 Å². The van der Waals surface area contributed by atoms with Gasteiger partial charge in [0.1, 0.15) is 11.4 Å². The minimum atomic E-state index is -0.239. The second kappa shape index (κ2) is 7.29. The summed E-state index contributed by atoms with van der Waals surface area (Å²) in [5.41, 5.74) is 3.62. The number of ether oxygens (including phenoxy) is 1. The first-order chi connectivity index (χ1) is 13.3. The molecule has 0 saturated heterocycles. The van der Waals surface area contributed by atoms with E-state index < -0.39 is 0 Å². The minimum Gasteiger partial charge on any atom is -0.496 e. The molecule has 3 aromatic heterocycles. The van der Waals surface area contributed by atoms with Crippen molar-refractivity contribution in [2.24, 2.45) is 0 Å². The van der Waals surface area contributed by atoms with E-state index in [1.54, 1.807) is 19.5 Å². The lowest BCUT2D eigenvalue weighted by molar-refractivity contribution is 0.0947. The fraction of sp³-hybridized carbons (Fsp3) is 0.0952. The zero-order chi connectivity index (χ0) is 18.6. The Bertz CT molecular complexity index is 1090. The van der Waals surface area contributed by atoms with Crippen molar-refractivity contribution in [2.75, 3.05) is 7.11 Å². The maximum Gasteiger partial charge on any atom is 0.272 e. The molecule has 1 aromatic carbocycles. The Balaban J connectivity index is 1.70. The van der Waals surface area contributed by atoms with Gasteiger partial charge >= 0.3 is 0 Å². The topological polar surface area (TPSA) is 68.5 Å². The van der Waals surface area contributed by atoms with Crippen molar-refractivity contribution in [2.45, 2.75) is 6.54 Å². The van der Waals surface area contributed by atoms with E-state index in [4.69, 9.17) is 4.74 Å². The molecule has 0 fully saturated rings. The third-order valence-corrected chi connectivity index (χ3v) is 4.33. The average Bonchev–Trinajstić information content (AvgIpc) is 3.12. The van der Waals surface area contributed by atoms with Gasteiger partial charge in [0.2, 0.25) is 0 Å². The van der Waals surface area contributed by atoms with Crippen LogP contribution in [0.2, 0.25) is 0 Å². The summed E-state index contributed by atoms with van der Waals surface area (Å²) in [5.74, 6) is 0.499. The number of para-hydroxylation sites is 1. The quantitative estimate of drug-likeness (QED) is 0.594. The molecule has 0 bridgehead atoms. The molecule has 1 N–H and O–H groups in total. The number of carbonyl (C=O) groups excluding carboxylic acids is 1. The standard InChI is InChI=1S/C21H18N4O2/c1-27-17-7-3-2-6-16(17)14-23-21(26)19-20(15-9-11-22-12-10-15)25-13-5-4-8-18(25)24-19/h2-13H,14H2,1H3,(H,23,26). The van der Waals surface area contributed by atoms with Gasteiger partial charge in [0.15, 0.2) is 5.69 Å². The van der Waals surface area contributed by atoms with Gasteiger partial charge in [-0.2, -0.15) is 0 Å². The number of aromatic nitrogens is 3. The number of hydrogen-bond acceptors (Lipinski definition) is 4. The zero-order valence-electron chi connectivity index (χ0n) is 14.8. The molecule has 0 aliphatic rings. The summed E-state index contributed by atoms with van der Waals surface area (Å²) in [4.78, 5) is 21.5. The summed E-state index contributed by atoms with van der Waals surface area (Å²) in [5, 5.41) is 2.95. The van der Waals surface area contributed by atoms with Gasteiger partial charge in [-0.05, 0) is 30.3 Å². The molecule has 4 aromatic rings. The Morgan fingerprint density at radius 2 is 1.85 bits per heavy atom. The van der Waals surface area contributed by atoms with Crippen LogP contribution < -0.4 is 10.1 Å². The molecule has 0 atom stereocenters. The molecule has 3 heterocycles. The van der Waals surface area contributed by atoms with Gasteiger partial charge in [-0.1, -0.05) is 24.3 Å². The lowest BCUT2D eigenvalue weighted by atomic mass is 10.1. The predicted molar refractivity (Wildman–Crippen MR) is 103 cm³/mol. The van der Waals surface area contributed by atoms with Crippen LogP contribution in [0.3, 0.4) is 0 Å². The highest BCUT2D eigenvalue weighted by Gasteiger charge is 2.20. The number of imidazole rings is 1.